The van der Waals surface area contributed by atoms with E-state index in [-0.39, 0.29) is 17.7 Å². The quantitative estimate of drug-likeness (QED) is 0.471. The number of rotatable bonds is 9. The summed E-state index contributed by atoms with van der Waals surface area (Å²) in [6.45, 7) is 13.2. The molecular formula is C29H41N3O5. The fourth-order valence-corrected chi connectivity index (χ4v) is 3.89. The number of nitrogens with one attached hydrogen (secondary N) is 2. The first-order chi connectivity index (χ1) is 17.2. The summed E-state index contributed by atoms with van der Waals surface area (Å²) >= 11 is 0. The minimum atomic E-state index is -0.927. The second kappa shape index (κ2) is 12.6. The van der Waals surface area contributed by atoms with Crippen molar-refractivity contribution >= 4 is 23.6 Å². The second-order valence-corrected chi connectivity index (χ2v) is 10.7. The molecule has 0 radical (unpaired) electrons. The summed E-state index contributed by atoms with van der Waals surface area (Å²) in [7, 11) is 3.16. The van der Waals surface area contributed by atoms with Gasteiger partial charge in [0.2, 0.25) is 5.91 Å². The van der Waals surface area contributed by atoms with Crippen molar-refractivity contribution in [1.82, 2.24) is 10.2 Å². The fraction of sp³-hybridized carbons (Fsp3) is 0.483. The third kappa shape index (κ3) is 8.81. The van der Waals surface area contributed by atoms with Crippen molar-refractivity contribution in [3.63, 3.8) is 0 Å². The molecule has 3 amide bonds. The van der Waals surface area contributed by atoms with Crippen molar-refractivity contribution in [2.24, 2.45) is 5.92 Å². The largest absolute Gasteiger partial charge is 0.497 e. The van der Waals surface area contributed by atoms with E-state index in [2.05, 4.69) is 10.6 Å². The van der Waals surface area contributed by atoms with Gasteiger partial charge in [-0.25, -0.2) is 4.79 Å². The van der Waals surface area contributed by atoms with Gasteiger partial charge in [-0.3, -0.25) is 9.59 Å². The molecule has 0 aromatic heterocycles. The molecule has 37 heavy (non-hydrogen) atoms. The van der Waals surface area contributed by atoms with Crippen molar-refractivity contribution in [2.75, 3.05) is 19.5 Å². The average molecular weight is 512 g/mol. The van der Waals surface area contributed by atoms with Gasteiger partial charge < -0.3 is 25.0 Å². The number of aryl methyl sites for hydroxylation is 2. The zero-order valence-electron chi connectivity index (χ0n) is 23.5. The van der Waals surface area contributed by atoms with Crippen LogP contribution in [-0.2, 0) is 14.3 Å². The van der Waals surface area contributed by atoms with Crippen LogP contribution >= 0.6 is 0 Å². The fourth-order valence-electron chi connectivity index (χ4n) is 3.89. The van der Waals surface area contributed by atoms with Crippen molar-refractivity contribution in [2.45, 2.75) is 72.6 Å². The number of hydrogen-bond acceptors (Lipinski definition) is 5. The molecule has 2 aromatic carbocycles. The number of carbonyl (C=O) groups is 3. The molecule has 2 aromatic rings. The number of alkyl carbamates (subject to hydrolysis) is 1. The van der Waals surface area contributed by atoms with Crippen molar-refractivity contribution in [3.8, 4) is 5.75 Å². The molecule has 0 aliphatic heterocycles. The highest BCUT2D eigenvalue weighted by molar-refractivity contribution is 5.99. The summed E-state index contributed by atoms with van der Waals surface area (Å²) in [5, 5.41) is 5.63. The first-order valence-electron chi connectivity index (χ1n) is 12.5. The maximum atomic E-state index is 13.7. The second-order valence-electron chi connectivity index (χ2n) is 10.7. The highest BCUT2D eigenvalue weighted by Crippen LogP contribution is 2.26. The lowest BCUT2D eigenvalue weighted by molar-refractivity contribution is -0.139. The number of amides is 3. The van der Waals surface area contributed by atoms with E-state index in [1.807, 2.05) is 45.9 Å². The number of likely N-dealkylation sites (N-methyl/N-ethyl adjacent to an activating group) is 1. The molecule has 0 aliphatic rings. The topological polar surface area (TPSA) is 97.0 Å². The number of hydrogen-bond donors (Lipinski definition) is 2. The van der Waals surface area contributed by atoms with Gasteiger partial charge in [0.1, 0.15) is 23.4 Å². The SMILES string of the molecule is COc1ccc(NC(=O)C(c2ccc(C)c(C)c2)N(C)C(=O)C(CC(C)C)NC(=O)OC(C)(C)C)cc1. The molecular weight excluding hydrogens is 470 g/mol. The highest BCUT2D eigenvalue weighted by Gasteiger charge is 2.34. The zero-order chi connectivity index (χ0) is 27.9. The Morgan fingerprint density at radius 2 is 1.59 bits per heavy atom. The summed E-state index contributed by atoms with van der Waals surface area (Å²) in [4.78, 5) is 41.3. The molecule has 0 saturated carbocycles. The number of anilines is 1. The molecule has 8 nitrogen and oxygen atoms in total. The van der Waals surface area contributed by atoms with Crippen LogP contribution < -0.4 is 15.4 Å². The summed E-state index contributed by atoms with van der Waals surface area (Å²) < 4.78 is 10.6. The van der Waals surface area contributed by atoms with E-state index in [0.29, 0.717) is 23.4 Å². The summed E-state index contributed by atoms with van der Waals surface area (Å²) in [5.74, 6) is 0.0312. The maximum absolute atomic E-state index is 13.7. The van der Waals surface area contributed by atoms with Crippen LogP contribution in [0.3, 0.4) is 0 Å². The third-order valence-electron chi connectivity index (χ3n) is 5.88. The lowest BCUT2D eigenvalue weighted by Crippen LogP contribution is -2.51. The maximum Gasteiger partial charge on any atom is 0.408 e. The number of benzene rings is 2. The Balaban J connectivity index is 2.40. The molecule has 2 N–H and O–H groups in total. The average Bonchev–Trinajstić information content (AvgIpc) is 2.79. The van der Waals surface area contributed by atoms with Crippen molar-refractivity contribution in [1.29, 1.82) is 0 Å². The molecule has 0 bridgehead atoms. The highest BCUT2D eigenvalue weighted by atomic mass is 16.6. The smallest absolute Gasteiger partial charge is 0.408 e. The van der Waals surface area contributed by atoms with Gasteiger partial charge in [0.25, 0.3) is 5.91 Å². The van der Waals surface area contributed by atoms with Gasteiger partial charge in [-0.2, -0.15) is 0 Å². The van der Waals surface area contributed by atoms with Crippen LogP contribution in [0.2, 0.25) is 0 Å². The van der Waals surface area contributed by atoms with E-state index in [9.17, 15) is 14.4 Å². The van der Waals surface area contributed by atoms with Crippen molar-refractivity contribution in [3.05, 3.63) is 59.2 Å². The van der Waals surface area contributed by atoms with Crippen LogP contribution in [0.1, 0.15) is 63.8 Å². The van der Waals surface area contributed by atoms with E-state index < -0.39 is 23.8 Å². The van der Waals surface area contributed by atoms with Crippen LogP contribution in [0.15, 0.2) is 42.5 Å². The minimum Gasteiger partial charge on any atom is -0.497 e. The molecule has 0 fully saturated rings. The Labute approximate surface area is 220 Å². The van der Waals surface area contributed by atoms with Crippen LogP contribution in [0, 0.1) is 19.8 Å². The van der Waals surface area contributed by atoms with Crippen LogP contribution in [-0.4, -0.2) is 48.6 Å². The van der Waals surface area contributed by atoms with Gasteiger partial charge in [0.05, 0.1) is 7.11 Å². The predicted molar refractivity (Wildman–Crippen MR) is 146 cm³/mol. The normalized spacial score (nSPS) is 12.9. The number of ether oxygens (including phenoxy) is 2. The van der Waals surface area contributed by atoms with Gasteiger partial charge in [-0.1, -0.05) is 32.0 Å². The third-order valence-corrected chi connectivity index (χ3v) is 5.88. The monoisotopic (exact) mass is 511 g/mol. The Morgan fingerprint density at radius 1 is 0.973 bits per heavy atom. The molecule has 0 heterocycles. The predicted octanol–water partition coefficient (Wildman–Crippen LogP) is 5.39. The molecule has 2 rings (SSSR count). The Hall–Kier alpha value is -3.55. The van der Waals surface area contributed by atoms with Gasteiger partial charge in [-0.15, -0.1) is 0 Å². The molecule has 8 heteroatoms. The van der Waals surface area contributed by atoms with Gasteiger partial charge in [0.15, 0.2) is 0 Å². The molecule has 0 spiro atoms. The van der Waals surface area contributed by atoms with Gasteiger partial charge in [0, 0.05) is 12.7 Å². The lowest BCUT2D eigenvalue weighted by Gasteiger charge is -2.32. The minimum absolute atomic E-state index is 0.116. The van der Waals surface area contributed by atoms with Crippen LogP contribution in [0.25, 0.3) is 0 Å². The number of nitrogens with zero attached hydrogens (tertiary/aromatic N) is 1. The molecule has 0 saturated heterocycles. The summed E-state index contributed by atoms with van der Waals surface area (Å²) in [6.07, 6.45) is -0.285. The van der Waals surface area contributed by atoms with E-state index in [1.165, 1.54) is 4.90 Å². The van der Waals surface area contributed by atoms with E-state index in [0.717, 1.165) is 11.1 Å². The molecule has 202 valence electrons. The number of carbonyl (C=O) groups excluding carboxylic acids is 3. The number of methoxy groups -OCH3 is 1. The summed E-state index contributed by atoms with van der Waals surface area (Å²) in [5.41, 5.74) is 2.63. The van der Waals surface area contributed by atoms with E-state index in [1.54, 1.807) is 59.2 Å². The molecule has 2 atom stereocenters. The Morgan fingerprint density at radius 3 is 2.11 bits per heavy atom. The van der Waals surface area contributed by atoms with Crippen LogP contribution in [0.5, 0.6) is 5.75 Å². The van der Waals surface area contributed by atoms with E-state index >= 15 is 0 Å². The first kappa shape index (κ1) is 29.7. The summed E-state index contributed by atoms with van der Waals surface area (Å²) in [6, 6.07) is 10.9. The molecule has 2 unspecified atom stereocenters. The Kier molecular flexibility index (Phi) is 10.1. The Bertz CT molecular complexity index is 1090. The standard InChI is InChI=1S/C29H41N3O5/c1-18(2)16-24(31-28(35)37-29(5,6)7)27(34)32(8)25(21-11-10-19(3)20(4)17-21)26(33)30-22-12-14-23(36-9)15-13-22/h10-15,17-18,24-25H,16H2,1-9H3,(H,30,33)(H,31,35). The van der Waals surface area contributed by atoms with Crippen LogP contribution in [0.4, 0.5) is 10.5 Å². The zero-order valence-corrected chi connectivity index (χ0v) is 23.5. The van der Waals surface area contributed by atoms with Crippen molar-refractivity contribution < 1.29 is 23.9 Å². The van der Waals surface area contributed by atoms with E-state index in [4.69, 9.17) is 9.47 Å². The first-order valence-corrected chi connectivity index (χ1v) is 12.5. The molecule has 0 aliphatic carbocycles. The lowest BCUT2D eigenvalue weighted by atomic mass is 9.97. The van der Waals surface area contributed by atoms with Gasteiger partial charge >= 0.3 is 6.09 Å². The van der Waals surface area contributed by atoms with Gasteiger partial charge in [-0.05, 0) is 87.9 Å².